The van der Waals surface area contributed by atoms with Crippen LogP contribution in [-0.4, -0.2) is 52.4 Å². The number of fused-ring (bicyclic) bond motifs is 2. The van der Waals surface area contributed by atoms with E-state index in [4.69, 9.17) is 0 Å². The van der Waals surface area contributed by atoms with Gasteiger partial charge >= 0.3 is 0 Å². The van der Waals surface area contributed by atoms with Crippen molar-refractivity contribution < 1.29 is 9.90 Å². The van der Waals surface area contributed by atoms with Gasteiger partial charge in [0.05, 0.1) is 6.26 Å². The van der Waals surface area contributed by atoms with E-state index in [2.05, 4.69) is 27.0 Å². The van der Waals surface area contributed by atoms with Crippen molar-refractivity contribution in [2.75, 3.05) is 25.1 Å². The van der Waals surface area contributed by atoms with Gasteiger partial charge in [0.2, 0.25) is 0 Å². The molecule has 0 aromatic rings. The minimum absolute atomic E-state index is 0.0296. The summed E-state index contributed by atoms with van der Waals surface area (Å²) in [5.41, 5.74) is 0.221. The molecule has 1 amide bonds. The van der Waals surface area contributed by atoms with Gasteiger partial charge in [-0.3, -0.25) is 4.79 Å². The van der Waals surface area contributed by atoms with Crippen LogP contribution in [0, 0.1) is 16.7 Å². The largest absolute Gasteiger partial charge is 0.387 e. The van der Waals surface area contributed by atoms with Crippen molar-refractivity contribution in [3.63, 3.8) is 0 Å². The molecule has 0 radical (unpaired) electrons. The van der Waals surface area contributed by atoms with Gasteiger partial charge in [-0.25, -0.2) is 0 Å². The van der Waals surface area contributed by atoms with Gasteiger partial charge in [-0.05, 0) is 43.0 Å². The average molecular weight is 315 g/mol. The molecule has 2 aliphatic rings. The van der Waals surface area contributed by atoms with Gasteiger partial charge in [-0.2, -0.15) is 0 Å². The second kappa shape index (κ2) is 5.77. The highest BCUT2D eigenvalue weighted by molar-refractivity contribution is 7.97. The maximum Gasteiger partial charge on any atom is 0.272 e. The highest BCUT2D eigenvalue weighted by atomic mass is 32.2. The topological polar surface area (TPSA) is 40.5 Å². The van der Waals surface area contributed by atoms with E-state index in [0.717, 1.165) is 19.5 Å². The summed E-state index contributed by atoms with van der Waals surface area (Å²) < 4.78 is 0. The van der Waals surface area contributed by atoms with Crippen LogP contribution in [0.5, 0.6) is 0 Å². The van der Waals surface area contributed by atoms with Gasteiger partial charge < -0.3 is 10.0 Å². The lowest BCUT2D eigenvalue weighted by molar-refractivity contribution is -0.128. The summed E-state index contributed by atoms with van der Waals surface area (Å²) in [6, 6.07) is 0. The minimum atomic E-state index is -0.246. The van der Waals surface area contributed by atoms with Crippen LogP contribution >= 0.6 is 0 Å². The van der Waals surface area contributed by atoms with E-state index in [1.165, 1.54) is 6.42 Å². The summed E-state index contributed by atoms with van der Waals surface area (Å²) in [6.45, 7) is 12.5. The maximum atomic E-state index is 12.4. The SMILES string of the molecule is CCN(CC)C(=O)C[S+](C)[C@H]1C(O)[C@]2(C)CC[C@H]1C2(C)C. The van der Waals surface area contributed by atoms with Gasteiger partial charge in [-0.1, -0.05) is 20.8 Å². The van der Waals surface area contributed by atoms with E-state index in [1.807, 2.05) is 18.7 Å². The number of rotatable bonds is 5. The van der Waals surface area contributed by atoms with E-state index in [0.29, 0.717) is 16.9 Å². The minimum Gasteiger partial charge on any atom is -0.387 e. The highest BCUT2D eigenvalue weighted by Crippen LogP contribution is 2.66. The van der Waals surface area contributed by atoms with E-state index >= 15 is 0 Å². The van der Waals surface area contributed by atoms with Crippen molar-refractivity contribution in [2.45, 2.75) is 58.8 Å². The number of hydrogen-bond donors (Lipinski definition) is 1. The Balaban J connectivity index is 2.11. The number of aliphatic hydroxyl groups is 1. The molecule has 2 aliphatic carbocycles. The van der Waals surface area contributed by atoms with Crippen LogP contribution in [0.25, 0.3) is 0 Å². The number of hydrogen-bond acceptors (Lipinski definition) is 2. The molecule has 0 aliphatic heterocycles. The third-order valence-corrected chi connectivity index (χ3v) is 8.88. The first-order chi connectivity index (χ1) is 9.70. The third-order valence-electron chi connectivity index (χ3n) is 6.67. The fourth-order valence-electron chi connectivity index (χ4n) is 4.71. The number of carbonyl (C=O) groups is 1. The number of amides is 1. The molecular weight excluding hydrogens is 282 g/mol. The Bertz CT molecular complexity index is 408. The van der Waals surface area contributed by atoms with Gasteiger partial charge in [0.1, 0.15) is 11.4 Å². The zero-order valence-electron chi connectivity index (χ0n) is 14.5. The average Bonchev–Trinajstić information content (AvgIpc) is 2.72. The summed E-state index contributed by atoms with van der Waals surface area (Å²) in [7, 11) is -0.0426. The predicted octanol–water partition coefficient (Wildman–Crippen LogP) is 2.29. The van der Waals surface area contributed by atoms with E-state index in [-0.39, 0.29) is 33.7 Å². The lowest BCUT2D eigenvalue weighted by Gasteiger charge is -2.36. The molecule has 2 rings (SSSR count). The molecule has 1 N–H and O–H groups in total. The normalized spacial score (nSPS) is 38.5. The molecule has 2 fully saturated rings. The monoisotopic (exact) mass is 314 g/mol. The Labute approximate surface area is 132 Å². The van der Waals surface area contributed by atoms with E-state index in [1.54, 1.807) is 0 Å². The Kier molecular flexibility index (Phi) is 4.71. The molecule has 0 heterocycles. The molecule has 5 atom stereocenters. The van der Waals surface area contributed by atoms with Crippen molar-refractivity contribution in [3.05, 3.63) is 0 Å². The summed E-state index contributed by atoms with van der Waals surface area (Å²) >= 11 is 0. The van der Waals surface area contributed by atoms with Gasteiger partial charge in [0.15, 0.2) is 5.75 Å². The van der Waals surface area contributed by atoms with Crippen LogP contribution in [0.1, 0.15) is 47.5 Å². The first-order valence-electron chi connectivity index (χ1n) is 8.27. The maximum absolute atomic E-state index is 12.4. The molecule has 21 heavy (non-hydrogen) atoms. The number of carbonyl (C=O) groups excluding carboxylic acids is 1. The lowest BCUT2D eigenvalue weighted by Crippen LogP contribution is -2.46. The van der Waals surface area contributed by atoms with Crippen LogP contribution in [0.3, 0.4) is 0 Å². The second-order valence-corrected chi connectivity index (χ2v) is 9.81. The van der Waals surface area contributed by atoms with Gasteiger partial charge in [0, 0.05) is 24.4 Å². The molecular formula is C17H32NO2S+. The molecule has 122 valence electrons. The van der Waals surface area contributed by atoms with Crippen molar-refractivity contribution in [1.82, 2.24) is 4.90 Å². The standard InChI is InChI=1S/C17H32NO2S/c1-7-18(8-2)13(19)11-21(6)14-12-9-10-17(5,15(14)20)16(12,3)4/h12,14-15,20H,7-11H2,1-6H3/q+1/t12-,14-,15?,17+,21?/m1/s1. The van der Waals surface area contributed by atoms with Crippen LogP contribution in [-0.2, 0) is 15.7 Å². The Morgan fingerprint density at radius 1 is 1.29 bits per heavy atom. The molecule has 0 saturated heterocycles. The molecule has 0 aromatic heterocycles. The first-order valence-corrected chi connectivity index (χ1v) is 10.1. The predicted molar refractivity (Wildman–Crippen MR) is 90.5 cm³/mol. The zero-order valence-corrected chi connectivity index (χ0v) is 15.3. The quantitative estimate of drug-likeness (QED) is 0.791. The van der Waals surface area contributed by atoms with Crippen molar-refractivity contribution >= 4 is 16.8 Å². The summed E-state index contributed by atoms with van der Waals surface area (Å²) in [6.07, 6.45) is 4.28. The summed E-state index contributed by atoms with van der Waals surface area (Å²) in [5, 5.41) is 11.2. The lowest BCUT2D eigenvalue weighted by atomic mass is 9.70. The second-order valence-electron chi connectivity index (χ2n) is 7.60. The molecule has 2 unspecified atom stereocenters. The van der Waals surface area contributed by atoms with Crippen molar-refractivity contribution in [2.24, 2.45) is 16.7 Å². The molecule has 3 nitrogen and oxygen atoms in total. The zero-order chi connectivity index (χ0) is 16.0. The number of nitrogens with zero attached hydrogens (tertiary/aromatic N) is 1. The Morgan fingerprint density at radius 3 is 2.29 bits per heavy atom. The van der Waals surface area contributed by atoms with Gasteiger partial charge in [-0.15, -0.1) is 0 Å². The van der Waals surface area contributed by atoms with E-state index < -0.39 is 0 Å². The molecule has 2 bridgehead atoms. The Hall–Kier alpha value is -0.220. The molecule has 0 aromatic carbocycles. The Morgan fingerprint density at radius 2 is 1.86 bits per heavy atom. The van der Waals surface area contributed by atoms with Crippen molar-refractivity contribution in [1.29, 1.82) is 0 Å². The number of aliphatic hydroxyl groups excluding tert-OH is 1. The fourth-order valence-corrected chi connectivity index (χ4v) is 7.25. The molecule has 0 spiro atoms. The highest BCUT2D eigenvalue weighted by Gasteiger charge is 2.70. The van der Waals surface area contributed by atoms with E-state index in [9.17, 15) is 9.90 Å². The molecule has 2 saturated carbocycles. The van der Waals surface area contributed by atoms with Crippen LogP contribution in [0.4, 0.5) is 0 Å². The van der Waals surface area contributed by atoms with Crippen molar-refractivity contribution in [3.8, 4) is 0 Å². The first kappa shape index (κ1) is 17.1. The summed E-state index contributed by atoms with van der Waals surface area (Å²) in [4.78, 5) is 14.3. The van der Waals surface area contributed by atoms with Crippen LogP contribution in [0.15, 0.2) is 0 Å². The fraction of sp³-hybridized carbons (Fsp3) is 0.941. The smallest absolute Gasteiger partial charge is 0.272 e. The van der Waals surface area contributed by atoms with Gasteiger partial charge in [0.25, 0.3) is 5.91 Å². The van der Waals surface area contributed by atoms with Crippen LogP contribution in [0.2, 0.25) is 0 Å². The summed E-state index contributed by atoms with van der Waals surface area (Å²) in [5.74, 6) is 1.42. The third kappa shape index (κ3) is 2.42. The molecule has 4 heteroatoms. The van der Waals surface area contributed by atoms with Crippen LogP contribution < -0.4 is 0 Å².